The van der Waals surface area contributed by atoms with Gasteiger partial charge in [-0.05, 0) is 31.1 Å². The highest BCUT2D eigenvalue weighted by atomic mass is 16.5. The Kier molecular flexibility index (Phi) is 8.83. The van der Waals surface area contributed by atoms with Gasteiger partial charge in [0.25, 0.3) is 0 Å². The summed E-state index contributed by atoms with van der Waals surface area (Å²) in [5.74, 6) is 0.729. The average molecular weight is 259 g/mol. The van der Waals surface area contributed by atoms with Crippen LogP contribution in [0.2, 0.25) is 0 Å². The van der Waals surface area contributed by atoms with E-state index in [1.54, 1.807) is 0 Å². The molecule has 0 aliphatic rings. The third kappa shape index (κ3) is 9.86. The van der Waals surface area contributed by atoms with Crippen molar-refractivity contribution in [3.05, 3.63) is 0 Å². The van der Waals surface area contributed by atoms with E-state index in [0.29, 0.717) is 19.2 Å². The van der Waals surface area contributed by atoms with Crippen molar-refractivity contribution in [2.24, 2.45) is 11.3 Å². The van der Waals surface area contributed by atoms with E-state index >= 15 is 0 Å². The molecule has 0 amide bonds. The highest BCUT2D eigenvalue weighted by Crippen LogP contribution is 2.18. The molecule has 0 saturated carbocycles. The van der Waals surface area contributed by atoms with Crippen LogP contribution in [-0.4, -0.2) is 37.0 Å². The summed E-state index contributed by atoms with van der Waals surface area (Å²) in [4.78, 5) is 0. The second-order valence-electron chi connectivity index (χ2n) is 6.76. The molecule has 110 valence electrons. The van der Waals surface area contributed by atoms with Crippen LogP contribution < -0.4 is 5.32 Å². The summed E-state index contributed by atoms with van der Waals surface area (Å²) >= 11 is 0. The molecular weight excluding hydrogens is 226 g/mol. The van der Waals surface area contributed by atoms with Crippen LogP contribution in [0.4, 0.5) is 0 Å². The maximum atomic E-state index is 9.78. The molecule has 3 heteroatoms. The first kappa shape index (κ1) is 17.9. The molecule has 18 heavy (non-hydrogen) atoms. The zero-order chi connectivity index (χ0) is 14.2. The van der Waals surface area contributed by atoms with Crippen molar-refractivity contribution in [2.75, 3.05) is 19.8 Å². The van der Waals surface area contributed by atoms with E-state index in [0.717, 1.165) is 18.9 Å². The van der Waals surface area contributed by atoms with Gasteiger partial charge in [-0.3, -0.25) is 0 Å². The van der Waals surface area contributed by atoms with Crippen LogP contribution in [0.15, 0.2) is 0 Å². The number of hydrogen-bond acceptors (Lipinski definition) is 3. The lowest BCUT2D eigenvalue weighted by molar-refractivity contribution is 0.0317. The monoisotopic (exact) mass is 259 g/mol. The van der Waals surface area contributed by atoms with E-state index < -0.39 is 6.10 Å². The lowest BCUT2D eigenvalue weighted by Crippen LogP contribution is -2.42. The minimum Gasteiger partial charge on any atom is -0.389 e. The second-order valence-corrected chi connectivity index (χ2v) is 6.76. The maximum Gasteiger partial charge on any atom is 0.0897 e. The van der Waals surface area contributed by atoms with Crippen LogP contribution in [0.25, 0.3) is 0 Å². The second kappa shape index (κ2) is 8.89. The Morgan fingerprint density at radius 2 is 1.78 bits per heavy atom. The quantitative estimate of drug-likeness (QED) is 0.626. The lowest BCUT2D eigenvalue weighted by Gasteiger charge is -2.29. The molecule has 0 aromatic rings. The Morgan fingerprint density at radius 1 is 1.17 bits per heavy atom. The van der Waals surface area contributed by atoms with Gasteiger partial charge in [-0.2, -0.15) is 0 Å². The van der Waals surface area contributed by atoms with Gasteiger partial charge in [0.1, 0.15) is 0 Å². The van der Waals surface area contributed by atoms with Crippen molar-refractivity contribution in [3.63, 3.8) is 0 Å². The summed E-state index contributed by atoms with van der Waals surface area (Å²) in [6, 6.07) is 0.382. The van der Waals surface area contributed by atoms with Gasteiger partial charge in [0.05, 0.1) is 12.7 Å². The molecule has 2 N–H and O–H groups in total. The predicted molar refractivity (Wildman–Crippen MR) is 77.8 cm³/mol. The van der Waals surface area contributed by atoms with Crippen molar-refractivity contribution in [3.8, 4) is 0 Å². The zero-order valence-electron chi connectivity index (χ0n) is 13.1. The number of aliphatic hydroxyl groups excluding tert-OH is 1. The SMILES string of the molecule is CC(C)CCCOCC(O)CNC(C)C(C)(C)C. The predicted octanol–water partition coefficient (Wildman–Crippen LogP) is 2.82. The number of rotatable bonds is 9. The normalized spacial score (nSPS) is 16.0. The molecular formula is C15H33NO2. The average Bonchev–Trinajstić information content (AvgIpc) is 2.23. The number of hydrogen-bond donors (Lipinski definition) is 2. The summed E-state index contributed by atoms with van der Waals surface area (Å²) in [6.45, 7) is 14.9. The Bertz CT molecular complexity index is 199. The Hall–Kier alpha value is -0.120. The molecule has 2 atom stereocenters. The van der Waals surface area contributed by atoms with Crippen LogP contribution in [0, 0.1) is 11.3 Å². The highest BCUT2D eigenvalue weighted by molar-refractivity contribution is 4.77. The van der Waals surface area contributed by atoms with Gasteiger partial charge in [0, 0.05) is 19.2 Å². The Labute approximate surface area is 113 Å². The van der Waals surface area contributed by atoms with Gasteiger partial charge in [0.2, 0.25) is 0 Å². The molecule has 0 bridgehead atoms. The van der Waals surface area contributed by atoms with Crippen molar-refractivity contribution in [1.29, 1.82) is 0 Å². The topological polar surface area (TPSA) is 41.5 Å². The first-order valence-electron chi connectivity index (χ1n) is 7.22. The third-order valence-corrected chi connectivity index (χ3v) is 3.34. The summed E-state index contributed by atoms with van der Waals surface area (Å²) < 4.78 is 5.47. The van der Waals surface area contributed by atoms with E-state index in [-0.39, 0.29) is 5.41 Å². The summed E-state index contributed by atoms with van der Waals surface area (Å²) in [5, 5.41) is 13.1. The van der Waals surface area contributed by atoms with Crippen LogP contribution in [-0.2, 0) is 4.74 Å². The fourth-order valence-electron chi connectivity index (χ4n) is 1.49. The van der Waals surface area contributed by atoms with Crippen molar-refractivity contribution in [2.45, 2.75) is 66.5 Å². The first-order valence-corrected chi connectivity index (χ1v) is 7.22. The largest absolute Gasteiger partial charge is 0.389 e. The summed E-state index contributed by atoms with van der Waals surface area (Å²) in [6.07, 6.45) is 1.86. The van der Waals surface area contributed by atoms with Gasteiger partial charge < -0.3 is 15.2 Å². The Morgan fingerprint density at radius 3 is 2.28 bits per heavy atom. The van der Waals surface area contributed by atoms with Crippen LogP contribution in [0.3, 0.4) is 0 Å². The molecule has 0 radical (unpaired) electrons. The zero-order valence-corrected chi connectivity index (χ0v) is 13.1. The van der Waals surface area contributed by atoms with Gasteiger partial charge in [-0.1, -0.05) is 34.6 Å². The smallest absolute Gasteiger partial charge is 0.0897 e. The van der Waals surface area contributed by atoms with Crippen molar-refractivity contribution in [1.82, 2.24) is 5.32 Å². The molecule has 0 spiro atoms. The molecule has 0 aliphatic heterocycles. The van der Waals surface area contributed by atoms with Gasteiger partial charge in [-0.15, -0.1) is 0 Å². The van der Waals surface area contributed by atoms with Gasteiger partial charge >= 0.3 is 0 Å². The number of nitrogens with one attached hydrogen (secondary N) is 1. The van der Waals surface area contributed by atoms with Crippen LogP contribution in [0.5, 0.6) is 0 Å². The van der Waals surface area contributed by atoms with E-state index in [1.165, 1.54) is 6.42 Å². The molecule has 0 aromatic heterocycles. The molecule has 0 fully saturated rings. The summed E-state index contributed by atoms with van der Waals surface area (Å²) in [7, 11) is 0. The molecule has 0 saturated heterocycles. The van der Waals surface area contributed by atoms with E-state index in [1.807, 2.05) is 0 Å². The van der Waals surface area contributed by atoms with Crippen LogP contribution >= 0.6 is 0 Å². The minimum absolute atomic E-state index is 0.220. The maximum absolute atomic E-state index is 9.78. The van der Waals surface area contributed by atoms with Crippen molar-refractivity contribution < 1.29 is 9.84 Å². The molecule has 2 unspecified atom stereocenters. The standard InChI is InChI=1S/C15H33NO2/c1-12(2)8-7-9-18-11-14(17)10-16-13(3)15(4,5)6/h12-14,16-17H,7-11H2,1-6H3. The molecule has 0 aromatic carbocycles. The van der Waals surface area contributed by atoms with E-state index in [9.17, 15) is 5.11 Å². The summed E-state index contributed by atoms with van der Waals surface area (Å²) in [5.41, 5.74) is 0.220. The fourth-order valence-corrected chi connectivity index (χ4v) is 1.49. The molecule has 3 nitrogen and oxygen atoms in total. The third-order valence-electron chi connectivity index (χ3n) is 3.34. The first-order chi connectivity index (χ1) is 8.23. The lowest BCUT2D eigenvalue weighted by atomic mass is 9.88. The minimum atomic E-state index is -0.408. The van der Waals surface area contributed by atoms with E-state index in [2.05, 4.69) is 46.9 Å². The number of ether oxygens (including phenoxy) is 1. The van der Waals surface area contributed by atoms with Gasteiger partial charge in [0.15, 0.2) is 0 Å². The molecule has 0 heterocycles. The Balaban J connectivity index is 3.51. The highest BCUT2D eigenvalue weighted by Gasteiger charge is 2.20. The van der Waals surface area contributed by atoms with Crippen LogP contribution in [0.1, 0.15) is 54.4 Å². The van der Waals surface area contributed by atoms with Gasteiger partial charge in [-0.25, -0.2) is 0 Å². The fraction of sp³-hybridized carbons (Fsp3) is 1.00. The van der Waals surface area contributed by atoms with E-state index in [4.69, 9.17) is 4.74 Å². The van der Waals surface area contributed by atoms with Crippen molar-refractivity contribution >= 4 is 0 Å². The molecule has 0 rings (SSSR count). The molecule has 0 aliphatic carbocycles. The number of aliphatic hydroxyl groups is 1.